The molecule has 110 valence electrons. The molecule has 0 aromatic heterocycles. The number of urea groups is 1. The van der Waals surface area contributed by atoms with Crippen LogP contribution >= 0.6 is 11.6 Å². The summed E-state index contributed by atoms with van der Waals surface area (Å²) in [6, 6.07) is 13.4. The van der Waals surface area contributed by atoms with E-state index in [0.717, 1.165) is 27.4 Å². The number of aryl methyl sites for hydroxylation is 2. The van der Waals surface area contributed by atoms with E-state index in [0.29, 0.717) is 13.0 Å². The normalized spacial score (nSPS) is 10.2. The smallest absolute Gasteiger partial charge is 0.319 e. The first kappa shape index (κ1) is 15.4. The highest BCUT2D eigenvalue weighted by atomic mass is 35.5. The van der Waals surface area contributed by atoms with E-state index in [1.54, 1.807) is 0 Å². The van der Waals surface area contributed by atoms with Gasteiger partial charge in [0.25, 0.3) is 0 Å². The maximum Gasteiger partial charge on any atom is 0.319 e. The zero-order chi connectivity index (χ0) is 15.2. The molecule has 2 amide bonds. The minimum absolute atomic E-state index is 0.198. The first-order valence-corrected chi connectivity index (χ1v) is 7.29. The Kier molecular flexibility index (Phi) is 5.23. The van der Waals surface area contributed by atoms with E-state index in [4.69, 9.17) is 11.6 Å². The van der Waals surface area contributed by atoms with Crippen LogP contribution in [0.1, 0.15) is 16.7 Å². The Morgan fingerprint density at radius 3 is 2.67 bits per heavy atom. The average molecular weight is 303 g/mol. The molecule has 0 atom stereocenters. The molecule has 0 radical (unpaired) electrons. The molecule has 0 spiro atoms. The standard InChI is InChI=1S/C17H19ClN2O/c1-12-7-8-13(2)16(11-12)20-17(21)19-10-9-14-5-3-4-6-15(14)18/h3-8,11H,9-10H2,1-2H3,(H2,19,20,21). The molecule has 0 saturated carbocycles. The van der Waals surface area contributed by atoms with Crippen molar-refractivity contribution in [3.05, 3.63) is 64.2 Å². The van der Waals surface area contributed by atoms with Gasteiger partial charge in [0.15, 0.2) is 0 Å². The third-order valence-corrected chi connectivity index (χ3v) is 3.65. The van der Waals surface area contributed by atoms with Crippen LogP contribution in [0.4, 0.5) is 10.5 Å². The summed E-state index contributed by atoms with van der Waals surface area (Å²) in [5.74, 6) is 0. The van der Waals surface area contributed by atoms with Crippen LogP contribution in [0, 0.1) is 13.8 Å². The van der Waals surface area contributed by atoms with Crippen molar-refractivity contribution in [3.8, 4) is 0 Å². The minimum atomic E-state index is -0.198. The van der Waals surface area contributed by atoms with Crippen LogP contribution in [0.3, 0.4) is 0 Å². The summed E-state index contributed by atoms with van der Waals surface area (Å²) in [5, 5.41) is 6.44. The van der Waals surface area contributed by atoms with Crippen molar-refractivity contribution in [1.82, 2.24) is 5.32 Å². The predicted octanol–water partition coefficient (Wildman–Crippen LogP) is 4.32. The summed E-state index contributed by atoms with van der Waals surface area (Å²) >= 11 is 6.08. The molecule has 4 heteroatoms. The van der Waals surface area contributed by atoms with Gasteiger partial charge in [0.2, 0.25) is 0 Å². The number of halogens is 1. The Morgan fingerprint density at radius 2 is 1.90 bits per heavy atom. The van der Waals surface area contributed by atoms with Crippen molar-refractivity contribution >= 4 is 23.3 Å². The summed E-state index contributed by atoms with van der Waals surface area (Å²) in [4.78, 5) is 11.9. The minimum Gasteiger partial charge on any atom is -0.338 e. The molecule has 0 aliphatic carbocycles. The van der Waals surface area contributed by atoms with Gasteiger partial charge in [-0.2, -0.15) is 0 Å². The topological polar surface area (TPSA) is 41.1 Å². The molecule has 2 N–H and O–H groups in total. The van der Waals surface area contributed by atoms with Gasteiger partial charge in [0.1, 0.15) is 0 Å². The van der Waals surface area contributed by atoms with E-state index < -0.39 is 0 Å². The molecule has 0 fully saturated rings. The maximum absolute atomic E-state index is 11.9. The van der Waals surface area contributed by atoms with Crippen molar-refractivity contribution in [3.63, 3.8) is 0 Å². The van der Waals surface area contributed by atoms with Gasteiger partial charge in [-0.25, -0.2) is 4.79 Å². The molecule has 0 unspecified atom stereocenters. The number of benzene rings is 2. The molecule has 2 rings (SSSR count). The van der Waals surface area contributed by atoms with Gasteiger partial charge < -0.3 is 10.6 Å². The predicted molar refractivity (Wildman–Crippen MR) is 88.1 cm³/mol. The van der Waals surface area contributed by atoms with Crippen molar-refractivity contribution in [2.75, 3.05) is 11.9 Å². The molecular formula is C17H19ClN2O. The Hall–Kier alpha value is -2.00. The molecule has 0 aliphatic rings. The fourth-order valence-electron chi connectivity index (χ4n) is 2.05. The number of nitrogens with one attached hydrogen (secondary N) is 2. The van der Waals surface area contributed by atoms with E-state index in [-0.39, 0.29) is 6.03 Å². The molecule has 0 bridgehead atoms. The Morgan fingerprint density at radius 1 is 1.14 bits per heavy atom. The highest BCUT2D eigenvalue weighted by Gasteiger charge is 2.05. The molecule has 0 aliphatic heterocycles. The van der Waals surface area contributed by atoms with Gasteiger partial charge in [0.05, 0.1) is 0 Å². The lowest BCUT2D eigenvalue weighted by Gasteiger charge is -2.11. The van der Waals surface area contributed by atoms with Gasteiger partial charge in [0, 0.05) is 17.3 Å². The number of anilines is 1. The lowest BCUT2D eigenvalue weighted by molar-refractivity contribution is 0.252. The first-order chi connectivity index (χ1) is 10.1. The van der Waals surface area contributed by atoms with E-state index in [1.165, 1.54) is 0 Å². The van der Waals surface area contributed by atoms with Crippen molar-refractivity contribution in [1.29, 1.82) is 0 Å². The zero-order valence-electron chi connectivity index (χ0n) is 12.2. The second-order valence-corrected chi connectivity index (χ2v) is 5.45. The van der Waals surface area contributed by atoms with Gasteiger partial charge in [-0.3, -0.25) is 0 Å². The Labute approximate surface area is 130 Å². The lowest BCUT2D eigenvalue weighted by Crippen LogP contribution is -2.30. The molecule has 2 aromatic rings. The van der Waals surface area contributed by atoms with Crippen LogP contribution in [-0.2, 0) is 6.42 Å². The molecular weight excluding hydrogens is 284 g/mol. The number of hydrogen-bond donors (Lipinski definition) is 2. The van der Waals surface area contributed by atoms with Gasteiger partial charge >= 0.3 is 6.03 Å². The van der Waals surface area contributed by atoms with Gasteiger partial charge in [-0.1, -0.05) is 41.9 Å². The monoisotopic (exact) mass is 302 g/mol. The lowest BCUT2D eigenvalue weighted by atomic mass is 10.1. The molecule has 0 saturated heterocycles. The number of hydrogen-bond acceptors (Lipinski definition) is 1. The summed E-state index contributed by atoms with van der Waals surface area (Å²) in [7, 11) is 0. The third kappa shape index (κ3) is 4.50. The number of carbonyl (C=O) groups excluding carboxylic acids is 1. The van der Waals surface area contributed by atoms with E-state index in [9.17, 15) is 4.79 Å². The zero-order valence-corrected chi connectivity index (χ0v) is 13.0. The Balaban J connectivity index is 1.85. The highest BCUT2D eigenvalue weighted by Crippen LogP contribution is 2.16. The second kappa shape index (κ2) is 7.14. The summed E-state index contributed by atoms with van der Waals surface area (Å²) in [5.41, 5.74) is 4.03. The van der Waals surface area contributed by atoms with Crippen LogP contribution in [0.5, 0.6) is 0 Å². The second-order valence-electron chi connectivity index (χ2n) is 5.04. The number of rotatable bonds is 4. The van der Waals surface area contributed by atoms with Crippen molar-refractivity contribution < 1.29 is 4.79 Å². The molecule has 2 aromatic carbocycles. The molecule has 3 nitrogen and oxygen atoms in total. The molecule has 21 heavy (non-hydrogen) atoms. The van der Waals surface area contributed by atoms with E-state index in [1.807, 2.05) is 56.3 Å². The van der Waals surface area contributed by atoms with Gasteiger partial charge in [-0.15, -0.1) is 0 Å². The first-order valence-electron chi connectivity index (χ1n) is 6.92. The Bertz CT molecular complexity index is 640. The van der Waals surface area contributed by atoms with Gasteiger partial charge in [-0.05, 0) is 49.1 Å². The maximum atomic E-state index is 11.9. The molecule has 0 heterocycles. The van der Waals surface area contributed by atoms with E-state index >= 15 is 0 Å². The average Bonchev–Trinajstić information content (AvgIpc) is 2.45. The number of carbonyl (C=O) groups is 1. The largest absolute Gasteiger partial charge is 0.338 e. The quantitative estimate of drug-likeness (QED) is 0.867. The van der Waals surface area contributed by atoms with Crippen LogP contribution in [-0.4, -0.2) is 12.6 Å². The SMILES string of the molecule is Cc1ccc(C)c(NC(=O)NCCc2ccccc2Cl)c1. The summed E-state index contributed by atoms with van der Waals surface area (Å²) in [6.45, 7) is 4.51. The van der Waals surface area contributed by atoms with Crippen LogP contribution < -0.4 is 10.6 Å². The third-order valence-electron chi connectivity index (χ3n) is 3.28. The summed E-state index contributed by atoms with van der Waals surface area (Å²) in [6.07, 6.45) is 0.708. The van der Waals surface area contributed by atoms with E-state index in [2.05, 4.69) is 10.6 Å². The van der Waals surface area contributed by atoms with Crippen LogP contribution in [0.15, 0.2) is 42.5 Å². The number of amides is 2. The summed E-state index contributed by atoms with van der Waals surface area (Å²) < 4.78 is 0. The highest BCUT2D eigenvalue weighted by molar-refractivity contribution is 6.31. The van der Waals surface area contributed by atoms with Crippen molar-refractivity contribution in [2.24, 2.45) is 0 Å². The van der Waals surface area contributed by atoms with Crippen molar-refractivity contribution in [2.45, 2.75) is 20.3 Å². The van der Waals surface area contributed by atoms with Crippen LogP contribution in [0.25, 0.3) is 0 Å². The van der Waals surface area contributed by atoms with Crippen LogP contribution in [0.2, 0.25) is 5.02 Å². The fraction of sp³-hybridized carbons (Fsp3) is 0.235. The fourth-order valence-corrected chi connectivity index (χ4v) is 2.28.